The van der Waals surface area contributed by atoms with Crippen molar-refractivity contribution < 1.29 is 9.53 Å². The van der Waals surface area contributed by atoms with E-state index in [1.54, 1.807) is 0 Å². The van der Waals surface area contributed by atoms with Gasteiger partial charge in [0.25, 0.3) is 0 Å². The lowest BCUT2D eigenvalue weighted by molar-refractivity contribution is -0.136. The molecule has 0 saturated heterocycles. The second kappa shape index (κ2) is 6.91. The van der Waals surface area contributed by atoms with Crippen LogP contribution in [0.25, 0.3) is 0 Å². The van der Waals surface area contributed by atoms with Gasteiger partial charge in [-0.05, 0) is 35.8 Å². The van der Waals surface area contributed by atoms with E-state index in [1.807, 2.05) is 6.92 Å². The predicted octanol–water partition coefficient (Wildman–Crippen LogP) is 4.65. The van der Waals surface area contributed by atoms with E-state index in [2.05, 4.69) is 41.5 Å². The minimum absolute atomic E-state index is 0.0579. The van der Waals surface area contributed by atoms with Crippen molar-refractivity contribution in [1.82, 2.24) is 0 Å². The molecule has 0 radical (unpaired) electrons. The average Bonchev–Trinajstić information content (AvgIpc) is 2.27. The zero-order valence-electron chi connectivity index (χ0n) is 13.0. The van der Waals surface area contributed by atoms with Crippen LogP contribution in [0.3, 0.4) is 0 Å². The zero-order chi connectivity index (χ0) is 14.6. The fourth-order valence-corrected chi connectivity index (χ4v) is 2.62. The maximum absolute atomic E-state index is 11.9. The fourth-order valence-electron chi connectivity index (χ4n) is 2.21. The highest BCUT2D eigenvalue weighted by Crippen LogP contribution is 2.43. The summed E-state index contributed by atoms with van der Waals surface area (Å²) in [6, 6.07) is 0. The number of carbonyl (C=O) groups excluding carboxylic acids is 1. The summed E-state index contributed by atoms with van der Waals surface area (Å²) in [5.74, 6) is -0.265. The molecule has 2 unspecified atom stereocenters. The molecule has 0 fully saturated rings. The molecule has 0 N–H and O–H groups in total. The third kappa shape index (κ3) is 4.24. The standard InChI is InChI=1S/C15H29ClO2/c1-8-14(4,5)11(13(16)17)12(18-10-3)15(6,7)9-2/h11-12H,8-10H2,1-7H3. The number of carbonyl (C=O) groups is 1. The van der Waals surface area contributed by atoms with Gasteiger partial charge in [-0.1, -0.05) is 48.0 Å². The van der Waals surface area contributed by atoms with Crippen molar-refractivity contribution in [2.75, 3.05) is 6.61 Å². The molecule has 2 atom stereocenters. The van der Waals surface area contributed by atoms with Gasteiger partial charge >= 0.3 is 0 Å². The SMILES string of the molecule is CCOC(C(C(=O)Cl)C(C)(C)CC)C(C)(C)CC. The Bertz CT molecular complexity index is 272. The number of halogens is 1. The summed E-state index contributed by atoms with van der Waals surface area (Å²) in [5.41, 5.74) is -0.206. The van der Waals surface area contributed by atoms with Crippen molar-refractivity contribution in [2.45, 2.75) is 67.4 Å². The highest BCUT2D eigenvalue weighted by molar-refractivity contribution is 6.64. The van der Waals surface area contributed by atoms with Crippen LogP contribution < -0.4 is 0 Å². The molecule has 0 heterocycles. The van der Waals surface area contributed by atoms with E-state index in [0.29, 0.717) is 6.61 Å². The zero-order valence-corrected chi connectivity index (χ0v) is 13.7. The molecule has 0 aromatic heterocycles. The smallest absolute Gasteiger partial charge is 0.227 e. The molecule has 18 heavy (non-hydrogen) atoms. The molecule has 2 nitrogen and oxygen atoms in total. The first-order chi connectivity index (χ1) is 8.14. The monoisotopic (exact) mass is 276 g/mol. The van der Waals surface area contributed by atoms with E-state index in [9.17, 15) is 4.79 Å². The molecular weight excluding hydrogens is 248 g/mol. The van der Waals surface area contributed by atoms with Crippen LogP contribution in [0.2, 0.25) is 0 Å². The van der Waals surface area contributed by atoms with Crippen LogP contribution in [0.4, 0.5) is 0 Å². The van der Waals surface area contributed by atoms with Crippen LogP contribution in [-0.2, 0) is 9.53 Å². The molecular formula is C15H29ClO2. The highest BCUT2D eigenvalue weighted by Gasteiger charge is 2.45. The molecule has 108 valence electrons. The van der Waals surface area contributed by atoms with Gasteiger partial charge in [0.15, 0.2) is 0 Å². The van der Waals surface area contributed by atoms with Crippen molar-refractivity contribution in [3.8, 4) is 0 Å². The van der Waals surface area contributed by atoms with Gasteiger partial charge in [0, 0.05) is 6.61 Å². The lowest BCUT2D eigenvalue weighted by Gasteiger charge is -2.43. The maximum atomic E-state index is 11.9. The Morgan fingerprint density at radius 3 is 1.78 bits per heavy atom. The molecule has 0 rings (SSSR count). The Morgan fingerprint density at radius 2 is 1.50 bits per heavy atom. The summed E-state index contributed by atoms with van der Waals surface area (Å²) < 4.78 is 5.90. The van der Waals surface area contributed by atoms with Gasteiger partial charge in [0.2, 0.25) is 5.24 Å². The summed E-state index contributed by atoms with van der Waals surface area (Å²) in [4.78, 5) is 11.9. The molecule has 3 heteroatoms. The van der Waals surface area contributed by atoms with Gasteiger partial charge < -0.3 is 4.74 Å². The summed E-state index contributed by atoms with van der Waals surface area (Å²) in [6.07, 6.45) is 1.73. The molecule has 0 aliphatic carbocycles. The fraction of sp³-hybridized carbons (Fsp3) is 0.933. The van der Waals surface area contributed by atoms with E-state index in [0.717, 1.165) is 12.8 Å². The summed E-state index contributed by atoms with van der Waals surface area (Å²) in [5, 5.41) is -0.276. The van der Waals surface area contributed by atoms with E-state index >= 15 is 0 Å². The Balaban J connectivity index is 5.45. The first kappa shape index (κ1) is 17.9. The molecule has 0 aliphatic rings. The number of rotatable bonds is 8. The quantitative estimate of drug-likeness (QED) is 0.604. The van der Waals surface area contributed by atoms with Crippen LogP contribution in [0.5, 0.6) is 0 Å². The van der Waals surface area contributed by atoms with E-state index < -0.39 is 0 Å². The van der Waals surface area contributed by atoms with Crippen molar-refractivity contribution in [2.24, 2.45) is 16.7 Å². The third-order valence-corrected chi connectivity index (χ3v) is 4.56. The maximum Gasteiger partial charge on any atom is 0.227 e. The first-order valence-electron chi connectivity index (χ1n) is 6.95. The molecule has 0 aliphatic heterocycles. The van der Waals surface area contributed by atoms with Crippen molar-refractivity contribution in [3.05, 3.63) is 0 Å². The summed E-state index contributed by atoms with van der Waals surface area (Å²) in [7, 11) is 0. The lowest BCUT2D eigenvalue weighted by atomic mass is 9.67. The van der Waals surface area contributed by atoms with Crippen LogP contribution in [0.1, 0.15) is 61.3 Å². The van der Waals surface area contributed by atoms with Crippen molar-refractivity contribution in [3.63, 3.8) is 0 Å². The molecule has 0 bridgehead atoms. The van der Waals surface area contributed by atoms with E-state index in [1.165, 1.54) is 0 Å². The van der Waals surface area contributed by atoms with Gasteiger partial charge in [-0.2, -0.15) is 0 Å². The first-order valence-corrected chi connectivity index (χ1v) is 7.32. The Kier molecular flexibility index (Phi) is 6.87. The topological polar surface area (TPSA) is 26.3 Å². The second-order valence-electron chi connectivity index (χ2n) is 6.34. The normalized spacial score (nSPS) is 16.4. The summed E-state index contributed by atoms with van der Waals surface area (Å²) >= 11 is 5.88. The largest absolute Gasteiger partial charge is 0.377 e. The van der Waals surface area contributed by atoms with Crippen LogP contribution >= 0.6 is 11.6 Å². The second-order valence-corrected chi connectivity index (χ2v) is 6.71. The van der Waals surface area contributed by atoms with E-state index in [-0.39, 0.29) is 28.1 Å². The predicted molar refractivity (Wildman–Crippen MR) is 77.9 cm³/mol. The third-order valence-electron chi connectivity index (χ3n) is 4.33. The number of ether oxygens (including phenoxy) is 1. The van der Waals surface area contributed by atoms with Gasteiger partial charge in [-0.25, -0.2) is 0 Å². The van der Waals surface area contributed by atoms with E-state index in [4.69, 9.17) is 16.3 Å². The van der Waals surface area contributed by atoms with Gasteiger partial charge in [0.1, 0.15) is 0 Å². The van der Waals surface area contributed by atoms with Gasteiger partial charge in [-0.3, -0.25) is 4.79 Å². The number of hydrogen-bond donors (Lipinski definition) is 0. The molecule has 0 saturated carbocycles. The average molecular weight is 277 g/mol. The Morgan fingerprint density at radius 1 is 1.06 bits per heavy atom. The van der Waals surface area contributed by atoms with Crippen LogP contribution in [0.15, 0.2) is 0 Å². The van der Waals surface area contributed by atoms with Crippen LogP contribution in [0, 0.1) is 16.7 Å². The van der Waals surface area contributed by atoms with Crippen LogP contribution in [-0.4, -0.2) is 18.0 Å². The number of hydrogen-bond acceptors (Lipinski definition) is 2. The van der Waals surface area contributed by atoms with Crippen molar-refractivity contribution >= 4 is 16.8 Å². The molecule has 0 spiro atoms. The highest BCUT2D eigenvalue weighted by atomic mass is 35.5. The van der Waals surface area contributed by atoms with Crippen molar-refractivity contribution in [1.29, 1.82) is 0 Å². The summed E-state index contributed by atoms with van der Waals surface area (Å²) in [6.45, 7) is 15.3. The Labute approximate surface area is 117 Å². The lowest BCUT2D eigenvalue weighted by Crippen LogP contribution is -2.47. The minimum Gasteiger partial charge on any atom is -0.377 e. The molecule has 0 aromatic rings. The molecule has 0 amide bonds. The minimum atomic E-state index is -0.276. The van der Waals surface area contributed by atoms with Gasteiger partial charge in [-0.15, -0.1) is 0 Å². The van der Waals surface area contributed by atoms with Gasteiger partial charge in [0.05, 0.1) is 12.0 Å². The Hall–Kier alpha value is -0.0800. The molecule has 0 aromatic carbocycles.